The number of esters is 4. The van der Waals surface area contributed by atoms with E-state index in [1.54, 1.807) is 54.5 Å². The van der Waals surface area contributed by atoms with Gasteiger partial charge in [-0.3, -0.25) is 19.2 Å². The Morgan fingerprint density at radius 3 is 1.91 bits per heavy atom. The van der Waals surface area contributed by atoms with E-state index in [9.17, 15) is 19.2 Å². The first-order valence-corrected chi connectivity index (χ1v) is 10.7. The van der Waals surface area contributed by atoms with Gasteiger partial charge in [0.2, 0.25) is 0 Å². The van der Waals surface area contributed by atoms with Gasteiger partial charge in [-0.15, -0.1) is 0 Å². The minimum Gasteiger partial charge on any atom is -0.461 e. The van der Waals surface area contributed by atoms with E-state index in [4.69, 9.17) is 24.7 Å². The van der Waals surface area contributed by atoms with Crippen molar-refractivity contribution in [3.8, 4) is 11.5 Å². The molecule has 9 heteroatoms. The quantitative estimate of drug-likeness (QED) is 0.454. The van der Waals surface area contributed by atoms with Gasteiger partial charge in [0, 0.05) is 6.92 Å². The minimum absolute atomic E-state index is 0.0501. The van der Waals surface area contributed by atoms with E-state index in [-0.39, 0.29) is 24.5 Å². The third kappa shape index (κ3) is 9.61. The standard InChI is InChI=1S/C24H35NO8/c1-14(31-15(2)26)13-30-20(27)17(25)11-16-9-10-18(32-21(28)23(3,4)5)19(12-16)33-22(29)24(6,7)8/h9-10,12,14,17H,11,13,25H2,1-8H3/t14-,17-/m0/s1. The second kappa shape index (κ2) is 11.3. The van der Waals surface area contributed by atoms with Crippen LogP contribution in [0.15, 0.2) is 18.2 Å². The first kappa shape index (κ1) is 28.1. The molecule has 2 atom stereocenters. The molecule has 0 aliphatic carbocycles. The fourth-order valence-electron chi connectivity index (χ4n) is 2.31. The van der Waals surface area contributed by atoms with Gasteiger partial charge in [-0.1, -0.05) is 6.07 Å². The molecule has 2 N–H and O–H groups in total. The zero-order valence-corrected chi connectivity index (χ0v) is 20.6. The maximum Gasteiger partial charge on any atom is 0.323 e. The Balaban J connectivity index is 3.01. The third-order valence-corrected chi connectivity index (χ3v) is 4.22. The zero-order chi connectivity index (χ0) is 25.6. The summed E-state index contributed by atoms with van der Waals surface area (Å²) in [5.74, 6) is -2.03. The molecule has 1 aromatic carbocycles. The Morgan fingerprint density at radius 2 is 1.42 bits per heavy atom. The van der Waals surface area contributed by atoms with Crippen molar-refractivity contribution in [2.24, 2.45) is 16.6 Å². The molecule has 184 valence electrons. The Kier molecular flexibility index (Phi) is 9.59. The van der Waals surface area contributed by atoms with Gasteiger partial charge in [0.1, 0.15) is 18.8 Å². The van der Waals surface area contributed by atoms with Gasteiger partial charge in [0.25, 0.3) is 0 Å². The van der Waals surface area contributed by atoms with E-state index in [0.29, 0.717) is 5.56 Å². The summed E-state index contributed by atoms with van der Waals surface area (Å²) in [6.45, 7) is 12.9. The van der Waals surface area contributed by atoms with Gasteiger partial charge >= 0.3 is 23.9 Å². The number of carbonyl (C=O) groups excluding carboxylic acids is 4. The number of carbonyl (C=O) groups is 4. The van der Waals surface area contributed by atoms with Crippen LogP contribution < -0.4 is 15.2 Å². The summed E-state index contributed by atoms with van der Waals surface area (Å²) in [4.78, 5) is 47.9. The van der Waals surface area contributed by atoms with Crippen molar-refractivity contribution in [1.82, 2.24) is 0 Å². The Bertz CT molecular complexity index is 879. The van der Waals surface area contributed by atoms with Crippen molar-refractivity contribution < 1.29 is 38.1 Å². The molecular formula is C24H35NO8. The van der Waals surface area contributed by atoms with Gasteiger partial charge in [0.05, 0.1) is 10.8 Å². The van der Waals surface area contributed by atoms with E-state index < -0.39 is 46.9 Å². The normalized spacial score (nSPS) is 13.5. The van der Waals surface area contributed by atoms with E-state index in [1.807, 2.05) is 0 Å². The summed E-state index contributed by atoms with van der Waals surface area (Å²) in [5, 5.41) is 0. The molecule has 1 aromatic rings. The van der Waals surface area contributed by atoms with Gasteiger partial charge < -0.3 is 24.7 Å². The Morgan fingerprint density at radius 1 is 0.909 bits per heavy atom. The summed E-state index contributed by atoms with van der Waals surface area (Å²) >= 11 is 0. The second-order valence-electron chi connectivity index (χ2n) is 9.92. The lowest BCUT2D eigenvalue weighted by molar-refractivity contribution is -0.157. The molecule has 0 unspecified atom stereocenters. The minimum atomic E-state index is -1.01. The van der Waals surface area contributed by atoms with Gasteiger partial charge in [-0.25, -0.2) is 0 Å². The summed E-state index contributed by atoms with van der Waals surface area (Å²) in [5.41, 5.74) is 4.97. The molecule has 33 heavy (non-hydrogen) atoms. The molecule has 0 saturated heterocycles. The lowest BCUT2D eigenvalue weighted by atomic mass is 9.97. The first-order chi connectivity index (χ1) is 15.0. The maximum absolute atomic E-state index is 12.4. The van der Waals surface area contributed by atoms with Crippen LogP contribution >= 0.6 is 0 Å². The number of rotatable bonds is 8. The van der Waals surface area contributed by atoms with E-state index in [2.05, 4.69) is 0 Å². The molecule has 0 spiro atoms. The number of hydrogen-bond acceptors (Lipinski definition) is 9. The molecule has 0 radical (unpaired) electrons. The molecule has 0 fully saturated rings. The van der Waals surface area contributed by atoms with Crippen LogP contribution in [0, 0.1) is 10.8 Å². The number of ether oxygens (including phenoxy) is 4. The molecule has 9 nitrogen and oxygen atoms in total. The predicted octanol–water partition coefficient (Wildman–Crippen LogP) is 2.95. The summed E-state index contributed by atoms with van der Waals surface area (Å²) in [7, 11) is 0. The third-order valence-electron chi connectivity index (χ3n) is 4.22. The average Bonchev–Trinajstić information content (AvgIpc) is 2.65. The Labute approximate surface area is 194 Å². The molecule has 0 bridgehead atoms. The average molecular weight is 466 g/mol. The highest BCUT2D eigenvalue weighted by Gasteiger charge is 2.28. The predicted molar refractivity (Wildman–Crippen MR) is 120 cm³/mol. The zero-order valence-electron chi connectivity index (χ0n) is 20.6. The highest BCUT2D eigenvalue weighted by molar-refractivity contribution is 5.81. The maximum atomic E-state index is 12.4. The van der Waals surface area contributed by atoms with Crippen molar-refractivity contribution in [3.63, 3.8) is 0 Å². The van der Waals surface area contributed by atoms with Crippen molar-refractivity contribution in [1.29, 1.82) is 0 Å². The van der Waals surface area contributed by atoms with Crippen LogP contribution in [0.1, 0.15) is 61.0 Å². The highest BCUT2D eigenvalue weighted by Crippen LogP contribution is 2.33. The van der Waals surface area contributed by atoms with E-state index in [1.165, 1.54) is 19.1 Å². The summed E-state index contributed by atoms with van der Waals surface area (Å²) in [6, 6.07) is 3.60. The van der Waals surface area contributed by atoms with Crippen LogP contribution in [0.4, 0.5) is 0 Å². The molecule has 1 rings (SSSR count). The van der Waals surface area contributed by atoms with E-state index >= 15 is 0 Å². The van der Waals surface area contributed by atoms with Gasteiger partial charge in [0.15, 0.2) is 11.5 Å². The molecule has 0 saturated carbocycles. The van der Waals surface area contributed by atoms with Crippen molar-refractivity contribution in [3.05, 3.63) is 23.8 Å². The fraction of sp³-hybridized carbons (Fsp3) is 0.583. The van der Waals surface area contributed by atoms with Crippen LogP contribution in [-0.2, 0) is 35.1 Å². The molecule has 0 amide bonds. The molecule has 0 aromatic heterocycles. The highest BCUT2D eigenvalue weighted by atomic mass is 16.6. The number of hydrogen-bond donors (Lipinski definition) is 1. The largest absolute Gasteiger partial charge is 0.461 e. The van der Waals surface area contributed by atoms with Crippen LogP contribution in [0.5, 0.6) is 11.5 Å². The SMILES string of the molecule is CC(=O)O[C@@H](C)COC(=O)[C@@H](N)Cc1ccc(OC(=O)C(C)(C)C)c(OC(=O)C(C)(C)C)c1. The molecule has 0 aliphatic heterocycles. The van der Waals surface area contributed by atoms with Crippen LogP contribution in [0.25, 0.3) is 0 Å². The smallest absolute Gasteiger partial charge is 0.323 e. The molecule has 0 aliphatic rings. The van der Waals surface area contributed by atoms with Crippen molar-refractivity contribution >= 4 is 23.9 Å². The van der Waals surface area contributed by atoms with Crippen molar-refractivity contribution in [2.75, 3.05) is 6.61 Å². The first-order valence-electron chi connectivity index (χ1n) is 10.7. The lowest BCUT2D eigenvalue weighted by Crippen LogP contribution is -2.36. The number of benzene rings is 1. The Hall–Kier alpha value is -2.94. The monoisotopic (exact) mass is 465 g/mol. The van der Waals surface area contributed by atoms with Crippen molar-refractivity contribution in [2.45, 2.75) is 74.0 Å². The van der Waals surface area contributed by atoms with Crippen LogP contribution in [0.2, 0.25) is 0 Å². The van der Waals surface area contributed by atoms with Crippen LogP contribution in [0.3, 0.4) is 0 Å². The molecular weight excluding hydrogens is 430 g/mol. The van der Waals surface area contributed by atoms with Gasteiger partial charge in [-0.2, -0.15) is 0 Å². The summed E-state index contributed by atoms with van der Waals surface area (Å²) < 4.78 is 20.9. The van der Waals surface area contributed by atoms with E-state index in [0.717, 1.165) is 0 Å². The molecule has 0 heterocycles. The number of nitrogens with two attached hydrogens (primary N) is 1. The topological polar surface area (TPSA) is 131 Å². The van der Waals surface area contributed by atoms with Gasteiger partial charge in [-0.05, 0) is 72.6 Å². The lowest BCUT2D eigenvalue weighted by Gasteiger charge is -2.21. The van der Waals surface area contributed by atoms with Crippen LogP contribution in [-0.4, -0.2) is 42.6 Å². The summed E-state index contributed by atoms with van der Waals surface area (Å²) in [6.07, 6.45) is -0.521. The fourth-order valence-corrected chi connectivity index (χ4v) is 2.31. The second-order valence-corrected chi connectivity index (χ2v) is 9.92.